The van der Waals surface area contributed by atoms with Crippen molar-refractivity contribution in [2.45, 2.75) is 6.04 Å². The van der Waals surface area contributed by atoms with Crippen molar-refractivity contribution in [3.8, 4) is 0 Å². The van der Waals surface area contributed by atoms with Gasteiger partial charge >= 0.3 is 0 Å². The predicted octanol–water partition coefficient (Wildman–Crippen LogP) is 1.16. The summed E-state index contributed by atoms with van der Waals surface area (Å²) in [7, 11) is 0. The zero-order valence-electron chi connectivity index (χ0n) is 7.20. The van der Waals surface area contributed by atoms with E-state index in [4.69, 9.17) is 10.8 Å². The molecule has 0 aliphatic heterocycles. The van der Waals surface area contributed by atoms with Crippen LogP contribution >= 0.6 is 0 Å². The summed E-state index contributed by atoms with van der Waals surface area (Å²) >= 11 is 0. The molecule has 0 aliphatic rings. The van der Waals surface area contributed by atoms with Crippen molar-refractivity contribution < 1.29 is 5.11 Å². The van der Waals surface area contributed by atoms with E-state index >= 15 is 0 Å². The number of nitrogens with two attached hydrogens (primary N) is 1. The number of hydrogen-bond donors (Lipinski definition) is 3. The summed E-state index contributed by atoms with van der Waals surface area (Å²) in [6.45, 7) is -0.0235. The summed E-state index contributed by atoms with van der Waals surface area (Å²) in [6.07, 6.45) is 1.87. The molecular weight excluding hydrogens is 164 g/mol. The smallest absolute Gasteiger partial charge is 0.0624 e. The molecule has 1 atom stereocenters. The third kappa shape index (κ3) is 1.32. The Balaban J connectivity index is 2.60. The van der Waals surface area contributed by atoms with E-state index in [1.165, 1.54) is 0 Å². The average Bonchev–Trinajstić information content (AvgIpc) is 2.63. The molecule has 3 heteroatoms. The Hall–Kier alpha value is -1.32. The van der Waals surface area contributed by atoms with Gasteiger partial charge in [-0.2, -0.15) is 0 Å². The normalized spacial score (nSPS) is 13.4. The first-order chi connectivity index (χ1) is 6.33. The van der Waals surface area contributed by atoms with Gasteiger partial charge in [-0.05, 0) is 17.7 Å². The highest BCUT2D eigenvalue weighted by atomic mass is 16.3. The molecule has 4 N–H and O–H groups in total. The minimum atomic E-state index is -0.292. The van der Waals surface area contributed by atoms with Crippen LogP contribution in [0.4, 0.5) is 0 Å². The van der Waals surface area contributed by atoms with Crippen LogP contribution in [0.3, 0.4) is 0 Å². The summed E-state index contributed by atoms with van der Waals surface area (Å²) in [6, 6.07) is 7.55. The van der Waals surface area contributed by atoms with E-state index < -0.39 is 0 Å². The molecule has 0 radical (unpaired) electrons. The zero-order valence-corrected chi connectivity index (χ0v) is 7.20. The summed E-state index contributed by atoms with van der Waals surface area (Å²) in [5, 5.41) is 10.0. The first-order valence-corrected chi connectivity index (χ1v) is 4.25. The minimum Gasteiger partial charge on any atom is -0.394 e. The maximum Gasteiger partial charge on any atom is 0.0624 e. The van der Waals surface area contributed by atoms with E-state index in [0.717, 1.165) is 16.5 Å². The number of hydrogen-bond acceptors (Lipinski definition) is 2. The van der Waals surface area contributed by atoms with Crippen molar-refractivity contribution in [1.82, 2.24) is 4.98 Å². The Bertz CT molecular complexity index is 408. The molecule has 2 aromatic rings. The molecule has 0 saturated heterocycles. The van der Waals surface area contributed by atoms with Gasteiger partial charge in [0.25, 0.3) is 0 Å². The second kappa shape index (κ2) is 3.20. The third-order valence-corrected chi connectivity index (χ3v) is 2.22. The van der Waals surface area contributed by atoms with E-state index in [1.54, 1.807) is 0 Å². The maximum absolute atomic E-state index is 8.95. The van der Waals surface area contributed by atoms with E-state index in [0.29, 0.717) is 0 Å². The highest BCUT2D eigenvalue weighted by Crippen LogP contribution is 2.21. The van der Waals surface area contributed by atoms with Gasteiger partial charge < -0.3 is 15.8 Å². The summed E-state index contributed by atoms with van der Waals surface area (Å²) in [5.74, 6) is 0. The lowest BCUT2D eigenvalue weighted by Gasteiger charge is -2.09. The molecule has 0 bridgehead atoms. The Morgan fingerprint density at radius 1 is 1.38 bits per heavy atom. The van der Waals surface area contributed by atoms with Crippen LogP contribution in [-0.4, -0.2) is 16.7 Å². The molecule has 68 valence electrons. The minimum absolute atomic E-state index is 0.0235. The van der Waals surface area contributed by atoms with Gasteiger partial charge in [0.15, 0.2) is 0 Å². The fraction of sp³-hybridized carbons (Fsp3) is 0.200. The highest BCUT2D eigenvalue weighted by molar-refractivity contribution is 5.83. The average molecular weight is 176 g/mol. The number of benzene rings is 1. The van der Waals surface area contributed by atoms with E-state index in [9.17, 15) is 0 Å². The number of aliphatic hydroxyl groups is 1. The van der Waals surface area contributed by atoms with Gasteiger partial charge in [-0.1, -0.05) is 12.1 Å². The first kappa shape index (κ1) is 8.29. The van der Waals surface area contributed by atoms with E-state index in [-0.39, 0.29) is 12.6 Å². The number of nitrogens with one attached hydrogen (secondary N) is 1. The van der Waals surface area contributed by atoms with Gasteiger partial charge in [0.05, 0.1) is 12.6 Å². The SMILES string of the molecule is NC(CO)c1cccc2[nH]ccc12. The number of aromatic nitrogens is 1. The van der Waals surface area contributed by atoms with Crippen LogP contribution in [0.25, 0.3) is 10.9 Å². The monoisotopic (exact) mass is 176 g/mol. The molecule has 0 aliphatic carbocycles. The van der Waals surface area contributed by atoms with Gasteiger partial charge in [0.2, 0.25) is 0 Å². The van der Waals surface area contributed by atoms with Crippen molar-refractivity contribution >= 4 is 10.9 Å². The van der Waals surface area contributed by atoms with Gasteiger partial charge in [-0.25, -0.2) is 0 Å². The molecule has 1 aromatic heterocycles. The lowest BCUT2D eigenvalue weighted by atomic mass is 10.0. The van der Waals surface area contributed by atoms with Crippen LogP contribution in [0.2, 0.25) is 0 Å². The van der Waals surface area contributed by atoms with E-state index in [1.807, 2.05) is 30.5 Å². The van der Waals surface area contributed by atoms with Crippen LogP contribution in [0, 0.1) is 0 Å². The molecule has 3 nitrogen and oxygen atoms in total. The lowest BCUT2D eigenvalue weighted by molar-refractivity contribution is 0.268. The molecular formula is C10H12N2O. The number of aromatic amines is 1. The van der Waals surface area contributed by atoms with Crippen LogP contribution < -0.4 is 5.73 Å². The molecule has 1 unspecified atom stereocenters. The molecule has 2 rings (SSSR count). The van der Waals surface area contributed by atoms with Crippen LogP contribution in [-0.2, 0) is 0 Å². The van der Waals surface area contributed by atoms with Gasteiger partial charge in [0, 0.05) is 17.1 Å². The summed E-state index contributed by atoms with van der Waals surface area (Å²) in [4.78, 5) is 3.10. The predicted molar refractivity (Wildman–Crippen MR) is 52.3 cm³/mol. The van der Waals surface area contributed by atoms with Crippen molar-refractivity contribution in [2.75, 3.05) is 6.61 Å². The Kier molecular flexibility index (Phi) is 2.04. The highest BCUT2D eigenvalue weighted by Gasteiger charge is 2.08. The second-order valence-corrected chi connectivity index (χ2v) is 3.08. The zero-order chi connectivity index (χ0) is 9.26. The van der Waals surface area contributed by atoms with Gasteiger partial charge in [-0.15, -0.1) is 0 Å². The van der Waals surface area contributed by atoms with E-state index in [2.05, 4.69) is 4.98 Å². The largest absolute Gasteiger partial charge is 0.394 e. The van der Waals surface area contributed by atoms with Crippen molar-refractivity contribution in [1.29, 1.82) is 0 Å². The van der Waals surface area contributed by atoms with Gasteiger partial charge in [-0.3, -0.25) is 0 Å². The summed E-state index contributed by atoms with van der Waals surface area (Å²) in [5.41, 5.74) is 7.80. The van der Waals surface area contributed by atoms with Crippen molar-refractivity contribution in [3.05, 3.63) is 36.0 Å². The third-order valence-electron chi connectivity index (χ3n) is 2.22. The molecule has 0 fully saturated rings. The Morgan fingerprint density at radius 3 is 3.00 bits per heavy atom. The lowest BCUT2D eigenvalue weighted by Crippen LogP contribution is -2.14. The number of H-pyrrole nitrogens is 1. The molecule has 0 amide bonds. The number of rotatable bonds is 2. The molecule has 1 heterocycles. The van der Waals surface area contributed by atoms with Crippen LogP contribution in [0.1, 0.15) is 11.6 Å². The number of fused-ring (bicyclic) bond motifs is 1. The first-order valence-electron chi connectivity index (χ1n) is 4.25. The fourth-order valence-electron chi connectivity index (χ4n) is 1.53. The quantitative estimate of drug-likeness (QED) is 0.643. The molecule has 13 heavy (non-hydrogen) atoms. The van der Waals surface area contributed by atoms with Gasteiger partial charge in [0.1, 0.15) is 0 Å². The molecule has 0 spiro atoms. The fourth-order valence-corrected chi connectivity index (χ4v) is 1.53. The topological polar surface area (TPSA) is 62.0 Å². The standard InChI is InChI=1S/C10H12N2O/c11-9(6-13)7-2-1-3-10-8(7)4-5-12-10/h1-5,9,12-13H,6,11H2. The van der Waals surface area contributed by atoms with Crippen molar-refractivity contribution in [3.63, 3.8) is 0 Å². The second-order valence-electron chi connectivity index (χ2n) is 3.08. The van der Waals surface area contributed by atoms with Crippen LogP contribution in [0.15, 0.2) is 30.5 Å². The summed E-state index contributed by atoms with van der Waals surface area (Å²) < 4.78 is 0. The Morgan fingerprint density at radius 2 is 2.23 bits per heavy atom. The molecule has 0 saturated carbocycles. The number of aliphatic hydroxyl groups excluding tert-OH is 1. The van der Waals surface area contributed by atoms with Crippen molar-refractivity contribution in [2.24, 2.45) is 5.73 Å². The Labute approximate surface area is 76.2 Å². The maximum atomic E-state index is 8.95. The van der Waals surface area contributed by atoms with Crippen LogP contribution in [0.5, 0.6) is 0 Å². The molecule has 1 aromatic carbocycles.